The van der Waals surface area contributed by atoms with Gasteiger partial charge in [0.1, 0.15) is 0 Å². The van der Waals surface area contributed by atoms with Crippen molar-refractivity contribution in [1.29, 1.82) is 0 Å². The minimum atomic E-state index is -0.0907. The number of H-pyrrole nitrogens is 1. The number of benzene rings is 1. The number of guanidine groups is 1. The number of hydrogen-bond acceptors (Lipinski definition) is 3. The highest BCUT2D eigenvalue weighted by Gasteiger charge is 2.05. The Morgan fingerprint density at radius 2 is 2.08 bits per heavy atom. The number of hydrogen-bond donors (Lipinski definition) is 4. The summed E-state index contributed by atoms with van der Waals surface area (Å²) in [6.07, 6.45) is 2.91. The highest BCUT2D eigenvalue weighted by Crippen LogP contribution is 2.19. The third-order valence-electron chi connectivity index (χ3n) is 3.88. The van der Waals surface area contributed by atoms with Crippen LogP contribution in [0.3, 0.4) is 0 Å². The van der Waals surface area contributed by atoms with Crippen molar-refractivity contribution in [2.24, 2.45) is 4.99 Å². The Balaban J connectivity index is 1.76. The fraction of sp³-hybridized carbons (Fsp3) is 0.444. The molecule has 1 heterocycles. The lowest BCUT2D eigenvalue weighted by molar-refractivity contribution is -0.120. The molecule has 0 radical (unpaired) electrons. The summed E-state index contributed by atoms with van der Waals surface area (Å²) in [5.74, 6) is 0.518. The van der Waals surface area contributed by atoms with Crippen LogP contribution >= 0.6 is 0 Å². The number of aromatic nitrogens is 1. The van der Waals surface area contributed by atoms with Crippen LogP contribution in [0.4, 0.5) is 0 Å². The monoisotopic (exact) mass is 345 g/mol. The quantitative estimate of drug-likeness (QED) is 0.326. The standard InChI is InChI=1S/C18H27N5O2/c1-13-4-5-15-14(11-22-16(15)10-13)6-7-21-18(19-2)23-12-17(24)20-8-9-25-3/h4-5,10-11,22H,6-9,12H2,1-3H3,(H,20,24)(H2,19,21,23). The summed E-state index contributed by atoms with van der Waals surface area (Å²) in [7, 11) is 3.29. The number of ether oxygens (including phenoxy) is 1. The van der Waals surface area contributed by atoms with Gasteiger partial charge in [-0.25, -0.2) is 0 Å². The number of nitrogens with one attached hydrogen (secondary N) is 4. The van der Waals surface area contributed by atoms with Crippen LogP contribution in [0, 0.1) is 6.92 Å². The van der Waals surface area contributed by atoms with Gasteiger partial charge in [0.05, 0.1) is 13.2 Å². The Bertz CT molecular complexity index is 723. The Hall–Kier alpha value is -2.54. The lowest BCUT2D eigenvalue weighted by Gasteiger charge is -2.11. The normalized spacial score (nSPS) is 11.6. The third-order valence-corrected chi connectivity index (χ3v) is 3.88. The summed E-state index contributed by atoms with van der Waals surface area (Å²) in [6.45, 7) is 4.00. The van der Waals surface area contributed by atoms with Crippen molar-refractivity contribution in [2.75, 3.05) is 40.4 Å². The van der Waals surface area contributed by atoms with E-state index in [-0.39, 0.29) is 12.5 Å². The largest absolute Gasteiger partial charge is 0.383 e. The molecule has 0 unspecified atom stereocenters. The van der Waals surface area contributed by atoms with Gasteiger partial charge in [0.2, 0.25) is 5.91 Å². The second-order valence-electron chi connectivity index (χ2n) is 5.81. The number of aryl methyl sites for hydroxylation is 1. The molecular formula is C18H27N5O2. The molecule has 0 saturated carbocycles. The molecule has 0 saturated heterocycles. The molecule has 7 heteroatoms. The van der Waals surface area contributed by atoms with Gasteiger partial charge in [-0.3, -0.25) is 9.79 Å². The molecule has 4 N–H and O–H groups in total. The number of fused-ring (bicyclic) bond motifs is 1. The number of methoxy groups -OCH3 is 1. The van der Waals surface area contributed by atoms with Gasteiger partial charge in [-0.15, -0.1) is 0 Å². The van der Waals surface area contributed by atoms with Crippen molar-refractivity contribution in [1.82, 2.24) is 20.9 Å². The van der Waals surface area contributed by atoms with Crippen molar-refractivity contribution in [3.63, 3.8) is 0 Å². The van der Waals surface area contributed by atoms with Gasteiger partial charge in [-0.05, 0) is 30.5 Å². The molecule has 0 aliphatic heterocycles. The molecule has 136 valence electrons. The number of aromatic amines is 1. The highest BCUT2D eigenvalue weighted by molar-refractivity contribution is 5.86. The van der Waals surface area contributed by atoms with Crippen molar-refractivity contribution >= 4 is 22.8 Å². The van der Waals surface area contributed by atoms with E-state index in [1.54, 1.807) is 14.2 Å². The first kappa shape index (κ1) is 18.8. The summed E-state index contributed by atoms with van der Waals surface area (Å²) in [6, 6.07) is 6.42. The third kappa shape index (κ3) is 5.79. The fourth-order valence-electron chi connectivity index (χ4n) is 2.56. The number of nitrogens with zero attached hydrogens (tertiary/aromatic N) is 1. The van der Waals surface area contributed by atoms with Gasteiger partial charge in [0.25, 0.3) is 0 Å². The smallest absolute Gasteiger partial charge is 0.239 e. The maximum Gasteiger partial charge on any atom is 0.239 e. The van der Waals surface area contributed by atoms with Crippen LogP contribution < -0.4 is 16.0 Å². The van der Waals surface area contributed by atoms with Gasteiger partial charge < -0.3 is 25.7 Å². The first-order chi connectivity index (χ1) is 12.1. The van der Waals surface area contributed by atoms with E-state index in [2.05, 4.69) is 51.0 Å². The molecule has 2 aromatic rings. The van der Waals surface area contributed by atoms with Crippen molar-refractivity contribution in [3.05, 3.63) is 35.5 Å². The van der Waals surface area contributed by atoms with Gasteiger partial charge in [-0.2, -0.15) is 0 Å². The van der Waals surface area contributed by atoms with Crippen molar-refractivity contribution in [2.45, 2.75) is 13.3 Å². The molecular weight excluding hydrogens is 318 g/mol. The summed E-state index contributed by atoms with van der Waals surface area (Å²) in [5, 5.41) is 10.2. The van der Waals surface area contributed by atoms with Crippen LogP contribution in [0.15, 0.2) is 29.4 Å². The van der Waals surface area contributed by atoms with Gasteiger partial charge in [0, 0.05) is 44.3 Å². The van der Waals surface area contributed by atoms with Gasteiger partial charge in [-0.1, -0.05) is 12.1 Å². The SMILES string of the molecule is CN=C(NCCc1c[nH]c2cc(C)ccc12)NCC(=O)NCCOC. The first-order valence-electron chi connectivity index (χ1n) is 8.41. The second-order valence-corrected chi connectivity index (χ2v) is 5.81. The van der Waals surface area contributed by atoms with Gasteiger partial charge in [0.15, 0.2) is 5.96 Å². The molecule has 0 atom stereocenters. The number of rotatable bonds is 8. The molecule has 0 fully saturated rings. The molecule has 25 heavy (non-hydrogen) atoms. The van der Waals surface area contributed by atoms with Crippen molar-refractivity contribution in [3.8, 4) is 0 Å². The molecule has 0 spiro atoms. The molecule has 1 aromatic heterocycles. The minimum absolute atomic E-state index is 0.0907. The number of aliphatic imine (C=N–C) groups is 1. The summed E-state index contributed by atoms with van der Waals surface area (Å²) in [5.41, 5.74) is 3.66. The fourth-order valence-corrected chi connectivity index (χ4v) is 2.56. The van der Waals surface area contributed by atoms with Crippen LogP contribution in [0.1, 0.15) is 11.1 Å². The van der Waals surface area contributed by atoms with E-state index < -0.39 is 0 Å². The Morgan fingerprint density at radius 3 is 2.84 bits per heavy atom. The second kappa shape index (κ2) is 9.68. The van der Waals surface area contributed by atoms with Gasteiger partial charge >= 0.3 is 0 Å². The molecule has 2 rings (SSSR count). The number of amides is 1. The Morgan fingerprint density at radius 1 is 1.24 bits per heavy atom. The number of carbonyl (C=O) groups is 1. The topological polar surface area (TPSA) is 90.5 Å². The highest BCUT2D eigenvalue weighted by atomic mass is 16.5. The zero-order valence-corrected chi connectivity index (χ0v) is 15.1. The average molecular weight is 345 g/mol. The molecule has 1 aromatic carbocycles. The van der Waals surface area contributed by atoms with E-state index in [0.29, 0.717) is 19.1 Å². The molecule has 0 aliphatic carbocycles. The average Bonchev–Trinajstić information content (AvgIpc) is 3.00. The van der Waals surface area contributed by atoms with Crippen LogP contribution in [-0.4, -0.2) is 57.2 Å². The zero-order valence-electron chi connectivity index (χ0n) is 15.1. The lowest BCUT2D eigenvalue weighted by atomic mass is 10.1. The van der Waals surface area contributed by atoms with E-state index in [1.807, 2.05) is 6.20 Å². The van der Waals surface area contributed by atoms with E-state index >= 15 is 0 Å². The summed E-state index contributed by atoms with van der Waals surface area (Å²) < 4.78 is 4.89. The molecule has 0 aliphatic rings. The van der Waals surface area contributed by atoms with Crippen LogP contribution in [0.5, 0.6) is 0 Å². The number of carbonyl (C=O) groups excluding carboxylic acids is 1. The van der Waals surface area contributed by atoms with E-state index in [0.717, 1.165) is 18.5 Å². The minimum Gasteiger partial charge on any atom is -0.383 e. The van der Waals surface area contributed by atoms with Crippen molar-refractivity contribution < 1.29 is 9.53 Å². The van der Waals surface area contributed by atoms with E-state index in [9.17, 15) is 4.79 Å². The van der Waals surface area contributed by atoms with Crippen LogP contribution in [0.2, 0.25) is 0 Å². The Labute approximate surface area is 148 Å². The van der Waals surface area contributed by atoms with Crippen LogP contribution in [-0.2, 0) is 16.0 Å². The Kier molecular flexibility index (Phi) is 7.28. The first-order valence-corrected chi connectivity index (χ1v) is 8.41. The zero-order chi connectivity index (χ0) is 18.1. The van der Waals surface area contributed by atoms with E-state index in [1.165, 1.54) is 16.5 Å². The summed E-state index contributed by atoms with van der Waals surface area (Å²) in [4.78, 5) is 19.1. The molecule has 7 nitrogen and oxygen atoms in total. The molecule has 1 amide bonds. The van der Waals surface area contributed by atoms with Crippen LogP contribution in [0.25, 0.3) is 10.9 Å². The lowest BCUT2D eigenvalue weighted by Crippen LogP contribution is -2.44. The predicted octanol–water partition coefficient (Wildman–Crippen LogP) is 0.946. The summed E-state index contributed by atoms with van der Waals surface area (Å²) >= 11 is 0. The maximum atomic E-state index is 11.7. The molecule has 0 bridgehead atoms. The maximum absolute atomic E-state index is 11.7. The predicted molar refractivity (Wildman–Crippen MR) is 101 cm³/mol. The van der Waals surface area contributed by atoms with E-state index in [4.69, 9.17) is 4.74 Å².